The molecular weight excluding hydrogens is 288 g/mol. The number of benzene rings is 1. The third kappa shape index (κ3) is 3.74. The molecule has 3 rings (SSSR count). The fourth-order valence-electron chi connectivity index (χ4n) is 2.70. The van der Waals surface area contributed by atoms with Crippen molar-refractivity contribution in [3.63, 3.8) is 0 Å². The molecular formula is C18H20N4O. The van der Waals surface area contributed by atoms with E-state index < -0.39 is 0 Å². The number of nitrogens with one attached hydrogen (secondary N) is 1. The molecule has 0 aliphatic carbocycles. The molecule has 1 aliphatic rings. The standard InChI is InChI=1S/C18H20N4O/c1-14-11-17(22-9-2-3-10-22)7-6-15(14)13-20-21-18(23)16-5-4-8-19-12-16/h4-8,11-13H,2-3,9-10H2,1H3,(H,21,23). The van der Waals surface area contributed by atoms with Crippen LogP contribution in [0.15, 0.2) is 47.8 Å². The second-order valence-electron chi connectivity index (χ2n) is 5.68. The quantitative estimate of drug-likeness (QED) is 0.698. The lowest BCUT2D eigenvalue weighted by molar-refractivity contribution is 0.0955. The van der Waals surface area contributed by atoms with E-state index in [0.717, 1.165) is 24.2 Å². The Morgan fingerprint density at radius 1 is 1.30 bits per heavy atom. The SMILES string of the molecule is Cc1cc(N2CCCC2)ccc1C=NNC(=O)c1cccnc1. The molecule has 1 amide bonds. The van der Waals surface area contributed by atoms with Gasteiger partial charge in [0.2, 0.25) is 0 Å². The maximum absolute atomic E-state index is 11.9. The molecule has 0 bridgehead atoms. The Balaban J connectivity index is 1.64. The largest absolute Gasteiger partial charge is 0.372 e. The van der Waals surface area contributed by atoms with Crippen molar-refractivity contribution >= 4 is 17.8 Å². The zero-order valence-electron chi connectivity index (χ0n) is 13.2. The highest BCUT2D eigenvalue weighted by molar-refractivity contribution is 5.94. The second-order valence-corrected chi connectivity index (χ2v) is 5.68. The molecule has 2 aromatic rings. The highest BCUT2D eigenvalue weighted by atomic mass is 16.2. The first kappa shape index (κ1) is 15.2. The lowest BCUT2D eigenvalue weighted by Crippen LogP contribution is -2.18. The van der Waals surface area contributed by atoms with Gasteiger partial charge in [0.25, 0.3) is 5.91 Å². The average Bonchev–Trinajstić information content (AvgIpc) is 3.11. The number of anilines is 1. The molecule has 0 unspecified atom stereocenters. The van der Waals surface area contributed by atoms with Crippen molar-refractivity contribution in [1.82, 2.24) is 10.4 Å². The van der Waals surface area contributed by atoms with Gasteiger partial charge in [0, 0.05) is 31.2 Å². The van der Waals surface area contributed by atoms with Gasteiger partial charge in [0.05, 0.1) is 11.8 Å². The van der Waals surface area contributed by atoms with Gasteiger partial charge in [-0.05, 0) is 55.2 Å². The van der Waals surface area contributed by atoms with Gasteiger partial charge in [-0.1, -0.05) is 6.07 Å². The number of carbonyl (C=O) groups is 1. The van der Waals surface area contributed by atoms with Crippen molar-refractivity contribution < 1.29 is 4.79 Å². The van der Waals surface area contributed by atoms with E-state index >= 15 is 0 Å². The zero-order valence-corrected chi connectivity index (χ0v) is 13.2. The van der Waals surface area contributed by atoms with Gasteiger partial charge in [-0.25, -0.2) is 5.43 Å². The van der Waals surface area contributed by atoms with Gasteiger partial charge >= 0.3 is 0 Å². The minimum Gasteiger partial charge on any atom is -0.372 e. The molecule has 2 heterocycles. The number of pyridine rings is 1. The molecule has 1 fully saturated rings. The van der Waals surface area contributed by atoms with Crippen LogP contribution in [-0.2, 0) is 0 Å². The predicted octanol–water partition coefficient (Wildman–Crippen LogP) is 2.75. The smallest absolute Gasteiger partial charge is 0.272 e. The topological polar surface area (TPSA) is 57.6 Å². The van der Waals surface area contributed by atoms with Crippen LogP contribution in [0.3, 0.4) is 0 Å². The molecule has 0 saturated carbocycles. The molecule has 5 heteroatoms. The monoisotopic (exact) mass is 308 g/mol. The van der Waals surface area contributed by atoms with Crippen molar-refractivity contribution in [3.05, 3.63) is 59.4 Å². The third-order valence-corrected chi connectivity index (χ3v) is 4.02. The Bertz CT molecular complexity index is 706. The number of nitrogens with zero attached hydrogens (tertiary/aromatic N) is 3. The maximum atomic E-state index is 11.9. The fraction of sp³-hybridized carbons (Fsp3) is 0.278. The van der Waals surface area contributed by atoms with Crippen LogP contribution >= 0.6 is 0 Å². The molecule has 23 heavy (non-hydrogen) atoms. The summed E-state index contributed by atoms with van der Waals surface area (Å²) in [6.45, 7) is 4.33. The lowest BCUT2D eigenvalue weighted by Gasteiger charge is -2.18. The van der Waals surface area contributed by atoms with E-state index in [2.05, 4.69) is 39.5 Å². The highest BCUT2D eigenvalue weighted by Gasteiger charge is 2.12. The normalized spacial score (nSPS) is 14.4. The van der Waals surface area contributed by atoms with Crippen molar-refractivity contribution in [2.45, 2.75) is 19.8 Å². The first-order chi connectivity index (χ1) is 11.2. The van der Waals surface area contributed by atoms with Gasteiger partial charge in [0.1, 0.15) is 0 Å². The van der Waals surface area contributed by atoms with E-state index in [0.29, 0.717) is 5.56 Å². The minimum atomic E-state index is -0.263. The average molecular weight is 308 g/mol. The predicted molar refractivity (Wildman–Crippen MR) is 91.9 cm³/mol. The number of aromatic nitrogens is 1. The Morgan fingerprint density at radius 3 is 2.83 bits per heavy atom. The third-order valence-electron chi connectivity index (χ3n) is 4.02. The van der Waals surface area contributed by atoms with E-state index in [9.17, 15) is 4.79 Å². The molecule has 1 N–H and O–H groups in total. The zero-order chi connectivity index (χ0) is 16.1. The summed E-state index contributed by atoms with van der Waals surface area (Å²) >= 11 is 0. The summed E-state index contributed by atoms with van der Waals surface area (Å²) in [4.78, 5) is 18.2. The second kappa shape index (κ2) is 7.05. The molecule has 1 aromatic carbocycles. The Labute approximate surface area is 136 Å². The van der Waals surface area contributed by atoms with E-state index in [1.165, 1.54) is 24.7 Å². The van der Waals surface area contributed by atoms with Gasteiger partial charge in [0.15, 0.2) is 0 Å². The molecule has 1 aliphatic heterocycles. The van der Waals surface area contributed by atoms with E-state index in [-0.39, 0.29) is 5.91 Å². The van der Waals surface area contributed by atoms with E-state index in [1.54, 1.807) is 24.5 Å². The number of hydrogen-bond donors (Lipinski definition) is 1. The number of hydrogen-bond acceptors (Lipinski definition) is 4. The van der Waals surface area contributed by atoms with Crippen molar-refractivity contribution in [2.24, 2.45) is 5.10 Å². The molecule has 118 valence electrons. The van der Waals surface area contributed by atoms with Crippen molar-refractivity contribution in [1.29, 1.82) is 0 Å². The molecule has 0 spiro atoms. The number of carbonyl (C=O) groups excluding carboxylic acids is 1. The molecule has 1 aromatic heterocycles. The van der Waals surface area contributed by atoms with Crippen LogP contribution in [0.5, 0.6) is 0 Å². The Morgan fingerprint density at radius 2 is 2.13 bits per heavy atom. The van der Waals surface area contributed by atoms with Crippen LogP contribution in [0.25, 0.3) is 0 Å². The minimum absolute atomic E-state index is 0.263. The lowest BCUT2D eigenvalue weighted by atomic mass is 10.1. The Hall–Kier alpha value is -2.69. The van der Waals surface area contributed by atoms with Crippen LogP contribution in [-0.4, -0.2) is 30.2 Å². The van der Waals surface area contributed by atoms with Crippen LogP contribution in [0.2, 0.25) is 0 Å². The van der Waals surface area contributed by atoms with Crippen molar-refractivity contribution in [3.8, 4) is 0 Å². The molecule has 1 saturated heterocycles. The number of rotatable bonds is 4. The van der Waals surface area contributed by atoms with E-state index in [4.69, 9.17) is 0 Å². The van der Waals surface area contributed by atoms with Gasteiger partial charge in [-0.3, -0.25) is 9.78 Å². The Kier molecular flexibility index (Phi) is 4.66. The highest BCUT2D eigenvalue weighted by Crippen LogP contribution is 2.22. The summed E-state index contributed by atoms with van der Waals surface area (Å²) in [5.41, 5.74) is 6.42. The maximum Gasteiger partial charge on any atom is 0.272 e. The summed E-state index contributed by atoms with van der Waals surface area (Å²) in [5, 5.41) is 4.04. The molecule has 5 nitrogen and oxygen atoms in total. The van der Waals surface area contributed by atoms with Crippen LogP contribution in [0.4, 0.5) is 5.69 Å². The van der Waals surface area contributed by atoms with Crippen LogP contribution in [0, 0.1) is 6.92 Å². The summed E-state index contributed by atoms with van der Waals surface area (Å²) in [6, 6.07) is 9.76. The van der Waals surface area contributed by atoms with Crippen LogP contribution in [0.1, 0.15) is 34.3 Å². The molecule has 0 atom stereocenters. The number of amides is 1. The fourth-order valence-corrected chi connectivity index (χ4v) is 2.70. The molecule has 0 radical (unpaired) electrons. The van der Waals surface area contributed by atoms with Crippen molar-refractivity contribution in [2.75, 3.05) is 18.0 Å². The van der Waals surface area contributed by atoms with E-state index in [1.807, 2.05) is 6.07 Å². The summed E-state index contributed by atoms with van der Waals surface area (Å²) in [5.74, 6) is -0.263. The number of hydrazone groups is 1. The summed E-state index contributed by atoms with van der Waals surface area (Å²) in [6.07, 6.45) is 7.36. The summed E-state index contributed by atoms with van der Waals surface area (Å²) in [7, 11) is 0. The first-order valence-corrected chi connectivity index (χ1v) is 7.83. The van der Waals surface area contributed by atoms with Gasteiger partial charge < -0.3 is 4.90 Å². The first-order valence-electron chi connectivity index (χ1n) is 7.83. The van der Waals surface area contributed by atoms with Crippen LogP contribution < -0.4 is 10.3 Å². The van der Waals surface area contributed by atoms with Gasteiger partial charge in [-0.2, -0.15) is 5.10 Å². The van der Waals surface area contributed by atoms with Gasteiger partial charge in [-0.15, -0.1) is 0 Å². The number of aryl methyl sites for hydroxylation is 1. The summed E-state index contributed by atoms with van der Waals surface area (Å²) < 4.78 is 0.